The molecule has 0 spiro atoms. The van der Waals surface area contributed by atoms with Gasteiger partial charge in [0, 0.05) is 24.0 Å². The molecule has 0 aliphatic carbocycles. The largest absolute Gasteiger partial charge is 0.497 e. The molecule has 4 rings (SSSR count). The number of aryl methyl sites for hydroxylation is 1. The van der Waals surface area contributed by atoms with Crippen molar-refractivity contribution in [2.75, 3.05) is 20.3 Å². The summed E-state index contributed by atoms with van der Waals surface area (Å²) in [6.07, 6.45) is 1.06. The highest BCUT2D eigenvalue weighted by Crippen LogP contribution is 2.29. The zero-order valence-electron chi connectivity index (χ0n) is 22.6. The molecule has 39 heavy (non-hydrogen) atoms. The van der Waals surface area contributed by atoms with E-state index in [9.17, 15) is 9.90 Å². The van der Waals surface area contributed by atoms with E-state index in [1.165, 1.54) is 13.8 Å². The van der Waals surface area contributed by atoms with Crippen LogP contribution in [-0.2, 0) is 17.6 Å². The fraction of sp³-hybridized carbons (Fsp3) is 0.290. The number of carbonyl (C=O) groups is 1. The molecule has 0 bridgehead atoms. The number of aliphatic carboxylic acids is 1. The van der Waals surface area contributed by atoms with Crippen molar-refractivity contribution in [1.82, 2.24) is 4.98 Å². The summed E-state index contributed by atoms with van der Waals surface area (Å²) in [5.74, 6) is 2.84. The van der Waals surface area contributed by atoms with E-state index in [2.05, 4.69) is 4.98 Å². The van der Waals surface area contributed by atoms with Crippen LogP contribution in [0.5, 0.6) is 23.0 Å². The summed E-state index contributed by atoms with van der Waals surface area (Å²) < 4.78 is 28.8. The number of aromatic nitrogens is 1. The van der Waals surface area contributed by atoms with Crippen LogP contribution in [0.3, 0.4) is 0 Å². The van der Waals surface area contributed by atoms with Crippen LogP contribution in [0.1, 0.15) is 30.9 Å². The van der Waals surface area contributed by atoms with Gasteiger partial charge in [-0.2, -0.15) is 0 Å². The number of nitrogens with zero attached hydrogens (tertiary/aromatic N) is 1. The maximum Gasteiger partial charge on any atom is 0.347 e. The Morgan fingerprint density at radius 2 is 1.54 bits per heavy atom. The Morgan fingerprint density at radius 1 is 0.897 bits per heavy atom. The van der Waals surface area contributed by atoms with Crippen LogP contribution >= 0.6 is 0 Å². The molecule has 0 atom stereocenters. The van der Waals surface area contributed by atoms with Crippen LogP contribution in [0.25, 0.3) is 11.5 Å². The lowest BCUT2D eigenvalue weighted by Crippen LogP contribution is -2.38. The molecule has 1 heterocycles. The Kier molecular flexibility index (Phi) is 8.76. The predicted molar refractivity (Wildman–Crippen MR) is 147 cm³/mol. The van der Waals surface area contributed by atoms with Gasteiger partial charge in [-0.05, 0) is 75.4 Å². The van der Waals surface area contributed by atoms with Gasteiger partial charge >= 0.3 is 5.97 Å². The van der Waals surface area contributed by atoms with E-state index in [-0.39, 0.29) is 0 Å². The first-order valence-corrected chi connectivity index (χ1v) is 12.7. The molecule has 8 heteroatoms. The highest BCUT2D eigenvalue weighted by Gasteiger charge is 2.30. The van der Waals surface area contributed by atoms with Gasteiger partial charge in [0.2, 0.25) is 5.89 Å². The minimum Gasteiger partial charge on any atom is -0.497 e. The molecule has 0 saturated carbocycles. The van der Waals surface area contributed by atoms with Gasteiger partial charge in [-0.15, -0.1) is 0 Å². The molecular formula is C31H33NO7. The number of rotatable bonds is 13. The van der Waals surface area contributed by atoms with E-state index in [4.69, 9.17) is 23.4 Å². The molecule has 8 nitrogen and oxygen atoms in total. The van der Waals surface area contributed by atoms with Crippen molar-refractivity contribution in [1.29, 1.82) is 0 Å². The fourth-order valence-electron chi connectivity index (χ4n) is 3.84. The van der Waals surface area contributed by atoms with Crippen molar-refractivity contribution in [3.63, 3.8) is 0 Å². The predicted octanol–water partition coefficient (Wildman–Crippen LogP) is 6.14. The molecule has 0 aliphatic rings. The average molecular weight is 532 g/mol. The van der Waals surface area contributed by atoms with Gasteiger partial charge in [0.1, 0.15) is 28.8 Å². The van der Waals surface area contributed by atoms with Crippen molar-refractivity contribution >= 4 is 5.97 Å². The van der Waals surface area contributed by atoms with E-state index < -0.39 is 11.6 Å². The van der Waals surface area contributed by atoms with Crippen molar-refractivity contribution in [3.05, 3.63) is 89.8 Å². The number of carboxylic acids is 1. The quantitative estimate of drug-likeness (QED) is 0.219. The standard InChI is InChI=1S/C31H33NO7/c1-21-27(32-29(38-21)22-8-6-5-7-9-22)17-19-37-26-14-15-28(39-31(2,3)30(33)34)23(20-26)16-18-36-25-12-10-24(35-4)11-13-25/h5-15,20H,16-19H2,1-4H3,(H,33,34). The van der Waals surface area contributed by atoms with Gasteiger partial charge in [0.25, 0.3) is 0 Å². The van der Waals surface area contributed by atoms with Crippen LogP contribution in [0.4, 0.5) is 0 Å². The second-order valence-electron chi connectivity index (χ2n) is 9.45. The van der Waals surface area contributed by atoms with Gasteiger partial charge in [-0.1, -0.05) is 18.2 Å². The fourth-order valence-corrected chi connectivity index (χ4v) is 3.84. The van der Waals surface area contributed by atoms with Crippen LogP contribution < -0.4 is 18.9 Å². The molecule has 0 unspecified atom stereocenters. The monoisotopic (exact) mass is 531 g/mol. The summed E-state index contributed by atoms with van der Waals surface area (Å²) in [6, 6.07) is 22.4. The third-order valence-corrected chi connectivity index (χ3v) is 6.13. The van der Waals surface area contributed by atoms with Crippen LogP contribution in [0.15, 0.2) is 77.2 Å². The normalized spacial score (nSPS) is 11.2. The maximum atomic E-state index is 11.7. The zero-order chi connectivity index (χ0) is 27.8. The number of benzene rings is 3. The van der Waals surface area contributed by atoms with Crippen molar-refractivity contribution < 1.29 is 33.3 Å². The van der Waals surface area contributed by atoms with E-state index in [0.717, 1.165) is 28.3 Å². The highest BCUT2D eigenvalue weighted by molar-refractivity contribution is 5.76. The minimum absolute atomic E-state index is 0.361. The Labute approximate surface area is 228 Å². The molecule has 0 fully saturated rings. The van der Waals surface area contributed by atoms with Gasteiger partial charge < -0.3 is 28.5 Å². The summed E-state index contributed by atoms with van der Waals surface area (Å²) in [5.41, 5.74) is 1.15. The first kappa shape index (κ1) is 27.6. The number of carboxylic acid groups (broad SMARTS) is 1. The van der Waals surface area contributed by atoms with Crippen LogP contribution in [0.2, 0.25) is 0 Å². The summed E-state index contributed by atoms with van der Waals surface area (Å²) in [4.78, 5) is 16.3. The number of oxazole rings is 1. The number of ether oxygens (including phenoxy) is 4. The summed E-state index contributed by atoms with van der Waals surface area (Å²) in [6.45, 7) is 5.68. The molecule has 0 amide bonds. The SMILES string of the molecule is COc1ccc(OCCc2cc(OCCc3nc(-c4ccccc4)oc3C)ccc2OC(C)(C)C(=O)O)cc1. The van der Waals surface area contributed by atoms with Gasteiger partial charge in [-0.3, -0.25) is 0 Å². The second kappa shape index (κ2) is 12.4. The first-order valence-electron chi connectivity index (χ1n) is 12.7. The molecule has 1 N–H and O–H groups in total. The van der Waals surface area contributed by atoms with E-state index in [0.29, 0.717) is 49.2 Å². The first-order chi connectivity index (χ1) is 18.7. The van der Waals surface area contributed by atoms with Gasteiger partial charge in [0.15, 0.2) is 5.60 Å². The van der Waals surface area contributed by atoms with E-state index in [1.54, 1.807) is 19.2 Å². The molecule has 3 aromatic carbocycles. The number of methoxy groups -OCH3 is 1. The summed E-state index contributed by atoms with van der Waals surface area (Å²) in [7, 11) is 1.61. The topological polar surface area (TPSA) is 100 Å². The number of hydrogen-bond donors (Lipinski definition) is 1. The van der Waals surface area contributed by atoms with Crippen LogP contribution in [-0.4, -0.2) is 42.0 Å². The van der Waals surface area contributed by atoms with Crippen molar-refractivity contribution in [3.8, 4) is 34.5 Å². The number of hydrogen-bond acceptors (Lipinski definition) is 7. The lowest BCUT2D eigenvalue weighted by atomic mass is 10.1. The molecule has 1 aromatic heterocycles. The summed E-state index contributed by atoms with van der Waals surface area (Å²) >= 11 is 0. The smallest absolute Gasteiger partial charge is 0.347 e. The summed E-state index contributed by atoms with van der Waals surface area (Å²) in [5, 5.41) is 9.54. The third-order valence-electron chi connectivity index (χ3n) is 6.13. The lowest BCUT2D eigenvalue weighted by molar-refractivity contribution is -0.152. The van der Waals surface area contributed by atoms with Crippen molar-refractivity contribution in [2.24, 2.45) is 0 Å². The molecule has 0 aliphatic heterocycles. The Morgan fingerprint density at radius 3 is 2.23 bits per heavy atom. The van der Waals surface area contributed by atoms with E-state index >= 15 is 0 Å². The third kappa shape index (κ3) is 7.31. The van der Waals surface area contributed by atoms with Crippen LogP contribution in [0, 0.1) is 6.92 Å². The molecule has 0 radical (unpaired) electrons. The average Bonchev–Trinajstić information content (AvgIpc) is 3.31. The molecular weight excluding hydrogens is 498 g/mol. The van der Waals surface area contributed by atoms with Gasteiger partial charge in [-0.25, -0.2) is 9.78 Å². The minimum atomic E-state index is -1.39. The lowest BCUT2D eigenvalue weighted by Gasteiger charge is -2.24. The Hall–Kier alpha value is -4.46. The molecule has 4 aromatic rings. The zero-order valence-corrected chi connectivity index (χ0v) is 22.6. The maximum absolute atomic E-state index is 11.7. The molecule has 0 saturated heterocycles. The van der Waals surface area contributed by atoms with Gasteiger partial charge in [0.05, 0.1) is 26.0 Å². The van der Waals surface area contributed by atoms with Crippen molar-refractivity contribution in [2.45, 2.75) is 39.2 Å². The molecule has 204 valence electrons. The Bertz CT molecular complexity index is 1380. The Balaban J connectivity index is 1.43. The highest BCUT2D eigenvalue weighted by atomic mass is 16.5. The second-order valence-corrected chi connectivity index (χ2v) is 9.45. The van der Waals surface area contributed by atoms with E-state index in [1.807, 2.05) is 67.6 Å².